The summed E-state index contributed by atoms with van der Waals surface area (Å²) >= 11 is 0. The van der Waals surface area contributed by atoms with Crippen LogP contribution in [0.5, 0.6) is 0 Å². The Hall–Kier alpha value is -2.42. The molecule has 0 saturated heterocycles. The Labute approximate surface area is 129 Å². The summed E-state index contributed by atoms with van der Waals surface area (Å²) in [5, 5.41) is 17.4. The highest BCUT2D eigenvalue weighted by Gasteiger charge is 2.42. The lowest BCUT2D eigenvalue weighted by Gasteiger charge is -2.20. The highest BCUT2D eigenvalue weighted by molar-refractivity contribution is 5.38. The van der Waals surface area contributed by atoms with Crippen LogP contribution in [0.15, 0.2) is 24.4 Å². The number of alkyl halides is 3. The second-order valence-electron chi connectivity index (χ2n) is 5.30. The molecule has 23 heavy (non-hydrogen) atoms. The van der Waals surface area contributed by atoms with Crippen molar-refractivity contribution >= 4 is 5.69 Å². The number of nitrogens with zero attached hydrogens (tertiary/aromatic N) is 3. The van der Waals surface area contributed by atoms with Gasteiger partial charge in [0.05, 0.1) is 11.5 Å². The zero-order valence-corrected chi connectivity index (χ0v) is 11.9. The van der Waals surface area contributed by atoms with Crippen LogP contribution in [0.3, 0.4) is 0 Å². The van der Waals surface area contributed by atoms with E-state index >= 15 is 0 Å². The van der Waals surface area contributed by atoms with Crippen molar-refractivity contribution < 1.29 is 18.1 Å². The first-order chi connectivity index (χ1) is 10.9. The van der Waals surface area contributed by atoms with Crippen molar-refractivity contribution in [1.82, 2.24) is 15.1 Å². The van der Waals surface area contributed by atoms with Gasteiger partial charge in [-0.1, -0.05) is 18.2 Å². The van der Waals surface area contributed by atoms with Crippen molar-refractivity contribution in [2.75, 3.05) is 6.54 Å². The molecule has 0 fully saturated rings. The van der Waals surface area contributed by atoms with Crippen molar-refractivity contribution in [2.24, 2.45) is 0 Å². The topological polar surface area (TPSA) is 73.0 Å². The van der Waals surface area contributed by atoms with Gasteiger partial charge in [-0.25, -0.2) is 0 Å². The summed E-state index contributed by atoms with van der Waals surface area (Å²) in [5.41, 5.74) is 0.498. The molecular weight excluding hydrogens is 313 g/mol. The Morgan fingerprint density at radius 2 is 2.17 bits per heavy atom. The van der Waals surface area contributed by atoms with E-state index in [1.807, 2.05) is 18.2 Å². The summed E-state index contributed by atoms with van der Waals surface area (Å²) in [4.78, 5) is 9.75. The third-order valence-electron chi connectivity index (χ3n) is 3.78. The summed E-state index contributed by atoms with van der Waals surface area (Å²) in [5.74, 6) is 0. The van der Waals surface area contributed by atoms with Crippen molar-refractivity contribution in [1.29, 1.82) is 0 Å². The van der Waals surface area contributed by atoms with Crippen LogP contribution in [-0.2, 0) is 25.7 Å². The van der Waals surface area contributed by atoms with Crippen molar-refractivity contribution in [3.63, 3.8) is 0 Å². The number of benzene rings is 1. The van der Waals surface area contributed by atoms with Crippen LogP contribution >= 0.6 is 0 Å². The number of rotatable bonds is 3. The fourth-order valence-electron chi connectivity index (χ4n) is 2.76. The SMILES string of the molecule is O=[N+]([O-])c1cn(Cc2cccc3c2CCNC3)nc1C(F)(F)F. The minimum atomic E-state index is -4.85. The standard InChI is InChI=1S/C14H13F3N4O2/c15-14(16,17)13-12(21(22)23)8-20(19-13)7-10-3-1-2-9-6-18-5-4-11(9)10/h1-3,8,18H,4-7H2. The Morgan fingerprint density at radius 3 is 2.83 bits per heavy atom. The molecule has 0 atom stereocenters. The molecule has 1 aromatic carbocycles. The van der Waals surface area contributed by atoms with E-state index in [1.54, 1.807) is 0 Å². The van der Waals surface area contributed by atoms with Crippen molar-refractivity contribution in [3.05, 3.63) is 56.9 Å². The summed E-state index contributed by atoms with van der Waals surface area (Å²) < 4.78 is 39.5. The molecular formula is C14H13F3N4O2. The Bertz CT molecular complexity index is 755. The van der Waals surface area contributed by atoms with Crippen LogP contribution < -0.4 is 5.32 Å². The lowest BCUT2D eigenvalue weighted by molar-refractivity contribution is -0.388. The van der Waals surface area contributed by atoms with Crippen LogP contribution in [-0.4, -0.2) is 21.2 Å². The van der Waals surface area contributed by atoms with Gasteiger partial charge in [0, 0.05) is 6.54 Å². The number of nitrogens with one attached hydrogen (secondary N) is 1. The number of hydrogen-bond donors (Lipinski definition) is 1. The molecule has 9 heteroatoms. The van der Waals surface area contributed by atoms with Gasteiger partial charge in [-0.15, -0.1) is 0 Å². The molecule has 1 N–H and O–H groups in total. The normalized spacial score (nSPS) is 14.6. The maximum absolute atomic E-state index is 12.8. The molecule has 0 bridgehead atoms. The average Bonchev–Trinajstić information content (AvgIpc) is 2.92. The summed E-state index contributed by atoms with van der Waals surface area (Å²) in [6.07, 6.45) is -3.25. The van der Waals surface area contributed by atoms with Gasteiger partial charge in [0.25, 0.3) is 0 Å². The molecule has 2 aromatic rings. The molecule has 2 heterocycles. The molecule has 0 spiro atoms. The molecule has 3 rings (SSSR count). The molecule has 0 radical (unpaired) electrons. The predicted octanol–water partition coefficient (Wildman–Crippen LogP) is 2.50. The van der Waals surface area contributed by atoms with Crippen LogP contribution in [0.2, 0.25) is 0 Å². The molecule has 0 saturated carbocycles. The first-order valence-corrected chi connectivity index (χ1v) is 6.95. The Kier molecular flexibility index (Phi) is 3.80. The lowest BCUT2D eigenvalue weighted by Crippen LogP contribution is -2.25. The number of nitro groups is 1. The van der Waals surface area contributed by atoms with Gasteiger partial charge in [-0.3, -0.25) is 14.8 Å². The maximum atomic E-state index is 12.8. The van der Waals surface area contributed by atoms with Gasteiger partial charge in [-0.05, 0) is 29.7 Å². The summed E-state index contributed by atoms with van der Waals surface area (Å²) in [6, 6.07) is 5.59. The third-order valence-corrected chi connectivity index (χ3v) is 3.78. The highest BCUT2D eigenvalue weighted by Crippen LogP contribution is 2.34. The molecule has 122 valence electrons. The first-order valence-electron chi connectivity index (χ1n) is 6.95. The van der Waals surface area contributed by atoms with E-state index in [9.17, 15) is 23.3 Å². The van der Waals surface area contributed by atoms with Crippen LogP contribution in [0.25, 0.3) is 0 Å². The Morgan fingerprint density at radius 1 is 1.39 bits per heavy atom. The van der Waals surface area contributed by atoms with Gasteiger partial charge >= 0.3 is 11.9 Å². The van der Waals surface area contributed by atoms with Gasteiger partial charge in [0.2, 0.25) is 5.69 Å². The van der Waals surface area contributed by atoms with Gasteiger partial charge in [0.1, 0.15) is 6.20 Å². The van der Waals surface area contributed by atoms with E-state index in [1.165, 1.54) is 0 Å². The summed E-state index contributed by atoms with van der Waals surface area (Å²) in [7, 11) is 0. The fraction of sp³-hybridized carbons (Fsp3) is 0.357. The average molecular weight is 326 g/mol. The fourth-order valence-corrected chi connectivity index (χ4v) is 2.76. The smallest absolute Gasteiger partial charge is 0.312 e. The van der Waals surface area contributed by atoms with Crippen molar-refractivity contribution in [2.45, 2.75) is 25.7 Å². The Balaban J connectivity index is 1.97. The molecule has 1 aromatic heterocycles. The number of aromatic nitrogens is 2. The zero-order chi connectivity index (χ0) is 16.6. The van der Waals surface area contributed by atoms with E-state index in [2.05, 4.69) is 10.4 Å². The molecule has 1 aliphatic rings. The van der Waals surface area contributed by atoms with E-state index in [4.69, 9.17) is 0 Å². The molecule has 0 aliphatic carbocycles. The predicted molar refractivity (Wildman–Crippen MR) is 74.8 cm³/mol. The largest absolute Gasteiger partial charge is 0.442 e. The maximum Gasteiger partial charge on any atom is 0.442 e. The quantitative estimate of drug-likeness (QED) is 0.695. The second-order valence-corrected chi connectivity index (χ2v) is 5.30. The minimum Gasteiger partial charge on any atom is -0.312 e. The second kappa shape index (κ2) is 5.65. The van der Waals surface area contributed by atoms with E-state index in [0.29, 0.717) is 6.54 Å². The molecule has 0 unspecified atom stereocenters. The molecule has 0 amide bonds. The van der Waals surface area contributed by atoms with Crippen LogP contribution in [0.4, 0.5) is 18.9 Å². The summed E-state index contributed by atoms with van der Waals surface area (Å²) in [6.45, 7) is 1.56. The van der Waals surface area contributed by atoms with Crippen molar-refractivity contribution in [3.8, 4) is 0 Å². The van der Waals surface area contributed by atoms with Gasteiger partial charge in [0.15, 0.2) is 0 Å². The van der Waals surface area contributed by atoms with Gasteiger partial charge in [-0.2, -0.15) is 18.3 Å². The number of halogens is 3. The minimum absolute atomic E-state index is 0.0695. The monoisotopic (exact) mass is 326 g/mol. The first kappa shape index (κ1) is 15.5. The number of hydrogen-bond acceptors (Lipinski definition) is 4. The third kappa shape index (κ3) is 3.04. The zero-order valence-electron chi connectivity index (χ0n) is 11.9. The highest BCUT2D eigenvalue weighted by atomic mass is 19.4. The molecule has 6 nitrogen and oxygen atoms in total. The number of fused-ring (bicyclic) bond motifs is 1. The lowest BCUT2D eigenvalue weighted by atomic mass is 9.95. The van der Waals surface area contributed by atoms with Gasteiger partial charge < -0.3 is 5.32 Å². The van der Waals surface area contributed by atoms with E-state index < -0.39 is 22.5 Å². The molecule has 1 aliphatic heterocycles. The van der Waals surface area contributed by atoms with E-state index in [0.717, 1.165) is 40.5 Å². The van der Waals surface area contributed by atoms with Crippen LogP contribution in [0, 0.1) is 10.1 Å². The van der Waals surface area contributed by atoms with E-state index in [-0.39, 0.29) is 6.54 Å². The van der Waals surface area contributed by atoms with Crippen LogP contribution in [0.1, 0.15) is 22.4 Å².